The Balaban J connectivity index is 1.89. The number of benzene rings is 1. The third-order valence-electron chi connectivity index (χ3n) is 3.77. The Morgan fingerprint density at radius 2 is 1.95 bits per heavy atom. The SMILES string of the molecule is Cc1cc(F)cc(NC(C)C(=O)NC2CCCCC2)c1. The van der Waals surface area contributed by atoms with Crippen LogP contribution in [0.2, 0.25) is 0 Å². The minimum absolute atomic E-state index is 0.0150. The summed E-state index contributed by atoms with van der Waals surface area (Å²) in [5.74, 6) is -0.300. The lowest BCUT2D eigenvalue weighted by molar-refractivity contribution is -0.122. The fraction of sp³-hybridized carbons (Fsp3) is 0.562. The van der Waals surface area contributed by atoms with Gasteiger partial charge in [-0.2, -0.15) is 0 Å². The zero-order chi connectivity index (χ0) is 14.5. The molecule has 1 aromatic carbocycles. The average Bonchev–Trinajstić information content (AvgIpc) is 2.38. The van der Waals surface area contributed by atoms with Gasteiger partial charge in [0.15, 0.2) is 0 Å². The zero-order valence-electron chi connectivity index (χ0n) is 12.2. The quantitative estimate of drug-likeness (QED) is 0.886. The average molecular weight is 278 g/mol. The van der Waals surface area contributed by atoms with Crippen molar-refractivity contribution in [1.82, 2.24) is 5.32 Å². The molecule has 1 aliphatic rings. The first-order chi connectivity index (χ1) is 9.54. The molecular formula is C16H23FN2O. The normalized spacial score (nSPS) is 17.6. The monoisotopic (exact) mass is 278 g/mol. The molecule has 0 aliphatic heterocycles. The van der Waals surface area contributed by atoms with Crippen molar-refractivity contribution in [1.29, 1.82) is 0 Å². The van der Waals surface area contributed by atoms with Crippen LogP contribution in [-0.2, 0) is 4.79 Å². The molecule has 1 atom stereocenters. The molecule has 1 aromatic rings. The van der Waals surface area contributed by atoms with Crippen LogP contribution in [0, 0.1) is 12.7 Å². The standard InChI is InChI=1S/C16H23FN2O/c1-11-8-13(17)10-15(9-11)18-12(2)16(20)19-14-6-4-3-5-7-14/h8-10,12,14,18H,3-7H2,1-2H3,(H,19,20). The highest BCUT2D eigenvalue weighted by Gasteiger charge is 2.19. The van der Waals surface area contributed by atoms with E-state index in [1.54, 1.807) is 6.92 Å². The van der Waals surface area contributed by atoms with Crippen LogP contribution >= 0.6 is 0 Å². The molecule has 0 radical (unpaired) electrons. The molecule has 110 valence electrons. The third kappa shape index (κ3) is 4.22. The summed E-state index contributed by atoms with van der Waals surface area (Å²) in [6, 6.07) is 4.66. The van der Waals surface area contributed by atoms with Crippen LogP contribution < -0.4 is 10.6 Å². The summed E-state index contributed by atoms with van der Waals surface area (Å²) in [6.07, 6.45) is 5.78. The second-order valence-electron chi connectivity index (χ2n) is 5.73. The van der Waals surface area contributed by atoms with Crippen LogP contribution in [0.3, 0.4) is 0 Å². The molecule has 0 aromatic heterocycles. The lowest BCUT2D eigenvalue weighted by Gasteiger charge is -2.25. The van der Waals surface area contributed by atoms with Crippen molar-refractivity contribution in [3.05, 3.63) is 29.6 Å². The molecule has 1 amide bonds. The molecule has 1 unspecified atom stereocenters. The molecule has 0 spiro atoms. The molecule has 20 heavy (non-hydrogen) atoms. The summed E-state index contributed by atoms with van der Waals surface area (Å²) >= 11 is 0. The van der Waals surface area contributed by atoms with Crippen LogP contribution in [0.15, 0.2) is 18.2 Å². The Labute approximate surface area is 120 Å². The maximum absolute atomic E-state index is 13.3. The first kappa shape index (κ1) is 14.8. The minimum Gasteiger partial charge on any atom is -0.374 e. The van der Waals surface area contributed by atoms with Crippen LogP contribution in [0.25, 0.3) is 0 Å². The van der Waals surface area contributed by atoms with Gasteiger partial charge in [0.2, 0.25) is 5.91 Å². The number of amides is 1. The first-order valence-electron chi connectivity index (χ1n) is 7.39. The van der Waals surface area contributed by atoms with Crippen molar-refractivity contribution in [2.45, 2.75) is 58.0 Å². The Kier molecular flexibility index (Phi) is 4.99. The van der Waals surface area contributed by atoms with E-state index < -0.39 is 0 Å². The van der Waals surface area contributed by atoms with Gasteiger partial charge in [-0.3, -0.25) is 4.79 Å². The van der Waals surface area contributed by atoms with Crippen LogP contribution in [0.1, 0.15) is 44.6 Å². The van der Waals surface area contributed by atoms with Gasteiger partial charge in [0.1, 0.15) is 11.9 Å². The number of aryl methyl sites for hydroxylation is 1. The summed E-state index contributed by atoms with van der Waals surface area (Å²) in [7, 11) is 0. The smallest absolute Gasteiger partial charge is 0.242 e. The maximum Gasteiger partial charge on any atom is 0.242 e. The number of halogens is 1. The van der Waals surface area contributed by atoms with E-state index in [9.17, 15) is 9.18 Å². The molecule has 2 N–H and O–H groups in total. The maximum atomic E-state index is 13.3. The molecule has 0 heterocycles. The van der Waals surface area contributed by atoms with Crippen molar-refractivity contribution in [3.63, 3.8) is 0 Å². The lowest BCUT2D eigenvalue weighted by atomic mass is 9.95. The Morgan fingerprint density at radius 3 is 2.60 bits per heavy atom. The second-order valence-corrected chi connectivity index (χ2v) is 5.73. The summed E-state index contributed by atoms with van der Waals surface area (Å²) < 4.78 is 13.3. The van der Waals surface area contributed by atoms with Gasteiger partial charge < -0.3 is 10.6 Å². The summed E-state index contributed by atoms with van der Waals surface area (Å²) in [5.41, 5.74) is 1.49. The number of carbonyl (C=O) groups excluding carboxylic acids is 1. The number of carbonyl (C=O) groups is 1. The molecule has 4 heteroatoms. The predicted molar refractivity (Wildman–Crippen MR) is 79.2 cm³/mol. The van der Waals surface area contributed by atoms with E-state index in [4.69, 9.17) is 0 Å². The van der Waals surface area contributed by atoms with E-state index in [1.807, 2.05) is 13.0 Å². The first-order valence-corrected chi connectivity index (χ1v) is 7.39. The van der Waals surface area contributed by atoms with Gasteiger partial charge in [-0.1, -0.05) is 19.3 Å². The fourth-order valence-corrected chi connectivity index (χ4v) is 2.71. The van der Waals surface area contributed by atoms with Gasteiger partial charge in [-0.15, -0.1) is 0 Å². The summed E-state index contributed by atoms with van der Waals surface area (Å²) in [5, 5.41) is 6.13. The Hall–Kier alpha value is -1.58. The third-order valence-corrected chi connectivity index (χ3v) is 3.77. The lowest BCUT2D eigenvalue weighted by Crippen LogP contribution is -2.44. The molecule has 0 bridgehead atoms. The van der Waals surface area contributed by atoms with Crippen molar-refractivity contribution in [2.24, 2.45) is 0 Å². The van der Waals surface area contributed by atoms with Crippen molar-refractivity contribution in [3.8, 4) is 0 Å². The number of nitrogens with one attached hydrogen (secondary N) is 2. The predicted octanol–water partition coefficient (Wildman–Crippen LogP) is 3.38. The molecule has 1 saturated carbocycles. The number of hydrogen-bond donors (Lipinski definition) is 2. The molecule has 2 rings (SSSR count). The molecule has 1 fully saturated rings. The van der Waals surface area contributed by atoms with E-state index in [2.05, 4.69) is 10.6 Å². The summed E-state index contributed by atoms with van der Waals surface area (Å²) in [6.45, 7) is 3.64. The van der Waals surface area contributed by atoms with Gasteiger partial charge in [-0.25, -0.2) is 4.39 Å². The van der Waals surface area contributed by atoms with Crippen molar-refractivity contribution in [2.75, 3.05) is 5.32 Å². The Morgan fingerprint density at radius 1 is 1.25 bits per heavy atom. The minimum atomic E-state index is -0.363. The van der Waals surface area contributed by atoms with E-state index >= 15 is 0 Å². The topological polar surface area (TPSA) is 41.1 Å². The van der Waals surface area contributed by atoms with Gasteiger partial charge in [0, 0.05) is 11.7 Å². The van der Waals surface area contributed by atoms with Crippen molar-refractivity contribution >= 4 is 11.6 Å². The highest BCUT2D eigenvalue weighted by Crippen LogP contribution is 2.18. The molecule has 1 aliphatic carbocycles. The van der Waals surface area contributed by atoms with Gasteiger partial charge in [0.05, 0.1) is 0 Å². The molecular weight excluding hydrogens is 255 g/mol. The van der Waals surface area contributed by atoms with Gasteiger partial charge in [0.25, 0.3) is 0 Å². The Bertz CT molecular complexity index is 449. The fourth-order valence-electron chi connectivity index (χ4n) is 2.71. The summed E-state index contributed by atoms with van der Waals surface area (Å²) in [4.78, 5) is 12.1. The van der Waals surface area contributed by atoms with Gasteiger partial charge in [-0.05, 0) is 50.5 Å². The number of rotatable bonds is 4. The largest absolute Gasteiger partial charge is 0.374 e. The zero-order valence-corrected chi connectivity index (χ0v) is 12.2. The van der Waals surface area contributed by atoms with Crippen LogP contribution in [0.4, 0.5) is 10.1 Å². The molecule has 3 nitrogen and oxygen atoms in total. The van der Waals surface area contributed by atoms with Crippen LogP contribution in [0.5, 0.6) is 0 Å². The van der Waals surface area contributed by atoms with E-state index in [0.29, 0.717) is 11.7 Å². The van der Waals surface area contributed by atoms with E-state index in [0.717, 1.165) is 18.4 Å². The number of anilines is 1. The van der Waals surface area contributed by atoms with E-state index in [-0.39, 0.29) is 17.8 Å². The number of hydrogen-bond acceptors (Lipinski definition) is 2. The van der Waals surface area contributed by atoms with E-state index in [1.165, 1.54) is 31.4 Å². The van der Waals surface area contributed by atoms with Gasteiger partial charge >= 0.3 is 0 Å². The van der Waals surface area contributed by atoms with Crippen molar-refractivity contribution < 1.29 is 9.18 Å². The highest BCUT2D eigenvalue weighted by molar-refractivity contribution is 5.84. The van der Waals surface area contributed by atoms with Crippen LogP contribution in [-0.4, -0.2) is 18.0 Å². The molecule has 0 saturated heterocycles. The highest BCUT2D eigenvalue weighted by atomic mass is 19.1. The second kappa shape index (κ2) is 6.73.